The monoisotopic (exact) mass is 380 g/mol. The van der Waals surface area contributed by atoms with Gasteiger partial charge in [-0.3, -0.25) is 9.71 Å². The number of ether oxygens (including phenoxy) is 1. The van der Waals surface area contributed by atoms with Gasteiger partial charge in [0, 0.05) is 41.0 Å². The van der Waals surface area contributed by atoms with Crippen molar-refractivity contribution in [3.05, 3.63) is 27.9 Å². The van der Waals surface area contributed by atoms with Crippen LogP contribution in [0.4, 0.5) is 0 Å². The third-order valence-corrected chi connectivity index (χ3v) is 5.67. The Labute approximate surface area is 156 Å². The number of carbonyl (C=O) groups excluding carboxylic acids is 1. The molecular formula is C17H24N4O2S2. The number of aliphatic imine (C=N–C) groups is 1. The summed E-state index contributed by atoms with van der Waals surface area (Å²) < 4.78 is 8.92. The lowest BCUT2D eigenvalue weighted by molar-refractivity contribution is -0.138. The van der Waals surface area contributed by atoms with Crippen molar-refractivity contribution in [3.8, 4) is 0 Å². The second-order valence-corrected chi connectivity index (χ2v) is 9.53. The smallest absolute Gasteiger partial charge is 0.337 e. The van der Waals surface area contributed by atoms with Crippen molar-refractivity contribution in [2.75, 3.05) is 19.7 Å². The van der Waals surface area contributed by atoms with Gasteiger partial charge in [0.2, 0.25) is 0 Å². The molecule has 0 saturated carbocycles. The summed E-state index contributed by atoms with van der Waals surface area (Å²) >= 11 is 3.30. The van der Waals surface area contributed by atoms with Gasteiger partial charge < -0.3 is 9.64 Å². The molecule has 3 heterocycles. The van der Waals surface area contributed by atoms with Crippen LogP contribution < -0.4 is 4.72 Å². The number of hydrogen-bond donors (Lipinski definition) is 1. The fourth-order valence-electron chi connectivity index (χ4n) is 2.83. The predicted octanol–water partition coefficient (Wildman–Crippen LogP) is 2.83. The van der Waals surface area contributed by atoms with E-state index in [9.17, 15) is 4.79 Å². The molecule has 1 saturated heterocycles. The molecule has 1 atom stereocenters. The molecular weight excluding hydrogens is 356 g/mol. The van der Waals surface area contributed by atoms with E-state index in [2.05, 4.69) is 40.4 Å². The van der Waals surface area contributed by atoms with E-state index in [0.717, 1.165) is 29.5 Å². The number of esters is 1. The Balaban J connectivity index is 1.84. The maximum Gasteiger partial charge on any atom is 0.337 e. The minimum Gasteiger partial charge on any atom is -0.463 e. The Morgan fingerprint density at radius 3 is 2.96 bits per heavy atom. The van der Waals surface area contributed by atoms with E-state index in [0.29, 0.717) is 18.7 Å². The Morgan fingerprint density at radius 1 is 1.52 bits per heavy atom. The zero-order valence-corrected chi connectivity index (χ0v) is 16.7. The molecule has 0 aliphatic carbocycles. The number of rotatable bonds is 5. The molecule has 1 unspecified atom stereocenters. The number of hydrogen-bond acceptors (Lipinski definition) is 8. The molecule has 1 aromatic heterocycles. The third kappa shape index (κ3) is 4.24. The Hall–Kier alpha value is -1.38. The molecule has 2 aliphatic heterocycles. The van der Waals surface area contributed by atoms with Gasteiger partial charge in [-0.05, 0) is 27.7 Å². The van der Waals surface area contributed by atoms with Crippen LogP contribution >= 0.6 is 23.3 Å². The standard InChI is InChI=1S/C17H24N4O2S2/c1-5-23-16(22)12-9-19-14(15-18-6-7-24-15)21-10-11(8-13(12)21)20-25-17(2,3)4/h6-7,11,20H,5,8-10H2,1-4H3. The van der Waals surface area contributed by atoms with Crippen LogP contribution in [0.1, 0.15) is 39.1 Å². The van der Waals surface area contributed by atoms with Crippen LogP contribution in [0, 0.1) is 0 Å². The van der Waals surface area contributed by atoms with E-state index < -0.39 is 0 Å². The van der Waals surface area contributed by atoms with Crippen molar-refractivity contribution in [2.45, 2.75) is 44.9 Å². The van der Waals surface area contributed by atoms with Crippen LogP contribution in [0.2, 0.25) is 0 Å². The molecule has 0 spiro atoms. The molecule has 0 aromatic carbocycles. The zero-order valence-electron chi connectivity index (χ0n) is 15.0. The first-order valence-electron chi connectivity index (χ1n) is 8.43. The minimum absolute atomic E-state index is 0.133. The molecule has 3 rings (SSSR count). The van der Waals surface area contributed by atoms with Crippen LogP contribution in [0.25, 0.3) is 0 Å². The van der Waals surface area contributed by atoms with E-state index in [1.807, 2.05) is 12.3 Å². The number of aromatic nitrogens is 1. The molecule has 0 radical (unpaired) electrons. The number of thiazole rings is 1. The SMILES string of the molecule is CCOC(=O)C1=C2CC(NSC(C)(C)C)CN2C(c2nccs2)=NC1. The van der Waals surface area contributed by atoms with Crippen LogP contribution in [0.3, 0.4) is 0 Å². The number of carbonyl (C=O) groups is 1. The number of fused-ring (bicyclic) bond motifs is 1. The van der Waals surface area contributed by atoms with E-state index in [1.54, 1.807) is 29.5 Å². The minimum atomic E-state index is -0.256. The maximum atomic E-state index is 12.3. The fourth-order valence-corrected chi connectivity index (χ4v) is 4.16. The number of nitrogens with one attached hydrogen (secondary N) is 1. The Bertz CT molecular complexity index is 692. The van der Waals surface area contributed by atoms with Crippen LogP contribution in [-0.2, 0) is 9.53 Å². The summed E-state index contributed by atoms with van der Waals surface area (Å²) in [5.41, 5.74) is 1.69. The maximum absolute atomic E-state index is 12.3. The molecule has 2 aliphatic rings. The topological polar surface area (TPSA) is 66.8 Å². The average molecular weight is 381 g/mol. The van der Waals surface area contributed by atoms with Gasteiger partial charge >= 0.3 is 5.97 Å². The first-order chi connectivity index (χ1) is 11.9. The summed E-state index contributed by atoms with van der Waals surface area (Å²) in [6.07, 6.45) is 2.58. The first kappa shape index (κ1) is 18.4. The van der Waals surface area contributed by atoms with Gasteiger partial charge in [0.25, 0.3) is 0 Å². The van der Waals surface area contributed by atoms with Crippen molar-refractivity contribution < 1.29 is 9.53 Å². The molecule has 1 aromatic rings. The molecule has 1 fully saturated rings. The number of nitrogens with zero attached hydrogens (tertiary/aromatic N) is 3. The van der Waals surface area contributed by atoms with E-state index in [1.165, 1.54) is 0 Å². The molecule has 1 N–H and O–H groups in total. The fraction of sp³-hybridized carbons (Fsp3) is 0.588. The molecule has 8 heteroatoms. The summed E-state index contributed by atoms with van der Waals surface area (Å²) in [5, 5.41) is 2.84. The van der Waals surface area contributed by atoms with Crippen molar-refractivity contribution >= 4 is 35.1 Å². The molecule has 0 bridgehead atoms. The van der Waals surface area contributed by atoms with Gasteiger partial charge in [0.15, 0.2) is 10.8 Å². The average Bonchev–Trinajstić information content (AvgIpc) is 3.21. The van der Waals surface area contributed by atoms with Gasteiger partial charge in [0.05, 0.1) is 18.7 Å². The summed E-state index contributed by atoms with van der Waals surface area (Å²) in [7, 11) is 0. The summed E-state index contributed by atoms with van der Waals surface area (Å²) in [6.45, 7) is 9.88. The molecule has 25 heavy (non-hydrogen) atoms. The van der Waals surface area contributed by atoms with Crippen LogP contribution in [0.5, 0.6) is 0 Å². The highest BCUT2D eigenvalue weighted by molar-refractivity contribution is 7.98. The van der Waals surface area contributed by atoms with Crippen molar-refractivity contribution in [3.63, 3.8) is 0 Å². The lowest BCUT2D eigenvalue weighted by atomic mass is 10.1. The third-order valence-electron chi connectivity index (χ3n) is 3.84. The van der Waals surface area contributed by atoms with Gasteiger partial charge in [-0.1, -0.05) is 11.9 Å². The van der Waals surface area contributed by atoms with Crippen molar-refractivity contribution in [1.29, 1.82) is 0 Å². The normalized spacial score (nSPS) is 20.6. The Morgan fingerprint density at radius 2 is 2.32 bits per heavy atom. The molecule has 6 nitrogen and oxygen atoms in total. The predicted molar refractivity (Wildman–Crippen MR) is 103 cm³/mol. The second kappa shape index (κ2) is 7.47. The number of amidine groups is 1. The highest BCUT2D eigenvalue weighted by Gasteiger charge is 2.38. The first-order valence-corrected chi connectivity index (χ1v) is 10.1. The van der Waals surface area contributed by atoms with Gasteiger partial charge in [-0.15, -0.1) is 11.3 Å². The van der Waals surface area contributed by atoms with E-state index >= 15 is 0 Å². The largest absolute Gasteiger partial charge is 0.463 e. The highest BCUT2D eigenvalue weighted by Crippen LogP contribution is 2.33. The zero-order chi connectivity index (χ0) is 18.0. The summed E-state index contributed by atoms with van der Waals surface area (Å²) in [5.74, 6) is 0.608. The van der Waals surface area contributed by atoms with Gasteiger partial charge in [-0.25, -0.2) is 9.78 Å². The summed E-state index contributed by atoms with van der Waals surface area (Å²) in [4.78, 5) is 23.5. The Kier molecular flexibility index (Phi) is 5.50. The summed E-state index contributed by atoms with van der Waals surface area (Å²) in [6, 6.07) is 0.256. The van der Waals surface area contributed by atoms with E-state index in [4.69, 9.17) is 4.74 Å². The van der Waals surface area contributed by atoms with Crippen molar-refractivity contribution in [2.24, 2.45) is 4.99 Å². The van der Waals surface area contributed by atoms with Crippen LogP contribution in [-0.4, -0.2) is 52.2 Å². The molecule has 0 amide bonds. The van der Waals surface area contributed by atoms with Gasteiger partial charge in [-0.2, -0.15) is 0 Å². The van der Waals surface area contributed by atoms with Gasteiger partial charge in [0.1, 0.15) is 0 Å². The molecule has 136 valence electrons. The van der Waals surface area contributed by atoms with Crippen LogP contribution in [0.15, 0.2) is 27.8 Å². The highest BCUT2D eigenvalue weighted by atomic mass is 32.2. The lowest BCUT2D eigenvalue weighted by Gasteiger charge is -2.27. The van der Waals surface area contributed by atoms with Crippen molar-refractivity contribution in [1.82, 2.24) is 14.6 Å². The quantitative estimate of drug-likeness (QED) is 0.626. The lowest BCUT2D eigenvalue weighted by Crippen LogP contribution is -2.36. The van der Waals surface area contributed by atoms with E-state index in [-0.39, 0.29) is 16.8 Å². The second-order valence-electron chi connectivity index (χ2n) is 6.97.